The lowest BCUT2D eigenvalue weighted by atomic mass is 9.81. The Morgan fingerprint density at radius 3 is 2.83 bits per heavy atom. The first-order chi connectivity index (χ1) is 8.50. The van der Waals surface area contributed by atoms with Gasteiger partial charge in [-0.15, -0.1) is 0 Å². The first-order valence-electron chi connectivity index (χ1n) is 6.04. The Morgan fingerprint density at radius 2 is 2.17 bits per heavy atom. The van der Waals surface area contributed by atoms with Crippen molar-refractivity contribution >= 4 is 0 Å². The molecule has 0 bridgehead atoms. The van der Waals surface area contributed by atoms with Crippen LogP contribution in [0.1, 0.15) is 43.3 Å². The van der Waals surface area contributed by atoms with Gasteiger partial charge in [-0.05, 0) is 26.3 Å². The lowest BCUT2D eigenvalue weighted by molar-refractivity contribution is -0.183. The maximum absolute atomic E-state index is 12.7. The standard InChI is InChI=1S/C11H16F3N3O/c1-15-6-9-16-10(18-17-9)7-3-2-4-8(5-7)11(12,13)14/h7-8,15H,2-6H2,1H3. The quantitative estimate of drug-likeness (QED) is 0.910. The molecule has 1 aliphatic rings. The molecule has 2 atom stereocenters. The molecule has 1 N–H and O–H groups in total. The van der Waals surface area contributed by atoms with Gasteiger partial charge >= 0.3 is 6.18 Å². The highest BCUT2D eigenvalue weighted by Crippen LogP contribution is 2.43. The molecule has 4 nitrogen and oxygen atoms in total. The molecule has 0 saturated heterocycles. The van der Waals surface area contributed by atoms with Crippen LogP contribution in [-0.4, -0.2) is 23.4 Å². The fourth-order valence-corrected chi connectivity index (χ4v) is 2.37. The summed E-state index contributed by atoms with van der Waals surface area (Å²) in [5, 5.41) is 6.61. The van der Waals surface area contributed by atoms with E-state index in [9.17, 15) is 13.2 Å². The molecule has 0 radical (unpaired) electrons. The Bertz CT molecular complexity index is 391. The summed E-state index contributed by atoms with van der Waals surface area (Å²) in [5.41, 5.74) is 0. The number of halogens is 3. The van der Waals surface area contributed by atoms with Crippen LogP contribution in [0, 0.1) is 5.92 Å². The maximum Gasteiger partial charge on any atom is 0.391 e. The lowest BCUT2D eigenvalue weighted by Gasteiger charge is -2.28. The number of hydrogen-bond donors (Lipinski definition) is 1. The average molecular weight is 263 g/mol. The van der Waals surface area contributed by atoms with Crippen molar-refractivity contribution in [2.75, 3.05) is 7.05 Å². The van der Waals surface area contributed by atoms with Gasteiger partial charge in [0.25, 0.3) is 0 Å². The monoisotopic (exact) mass is 263 g/mol. The molecule has 1 heterocycles. The second-order valence-corrected chi connectivity index (χ2v) is 4.68. The Labute approximate surface area is 103 Å². The third-order valence-corrected chi connectivity index (χ3v) is 3.31. The van der Waals surface area contributed by atoms with Gasteiger partial charge in [-0.25, -0.2) is 0 Å². The van der Waals surface area contributed by atoms with Crippen molar-refractivity contribution in [1.29, 1.82) is 0 Å². The summed E-state index contributed by atoms with van der Waals surface area (Å²) in [5.74, 6) is -0.671. The third-order valence-electron chi connectivity index (χ3n) is 3.31. The molecule has 0 amide bonds. The van der Waals surface area contributed by atoms with Crippen molar-refractivity contribution in [3.8, 4) is 0 Å². The van der Waals surface area contributed by atoms with E-state index in [1.807, 2.05) is 0 Å². The van der Waals surface area contributed by atoms with E-state index in [0.717, 1.165) is 0 Å². The summed E-state index contributed by atoms with van der Waals surface area (Å²) < 4.78 is 43.1. The molecule has 1 fully saturated rings. The van der Waals surface area contributed by atoms with E-state index >= 15 is 0 Å². The maximum atomic E-state index is 12.7. The number of aromatic nitrogens is 2. The molecular weight excluding hydrogens is 247 g/mol. The van der Waals surface area contributed by atoms with Gasteiger partial charge in [-0.3, -0.25) is 0 Å². The molecule has 7 heteroatoms. The second-order valence-electron chi connectivity index (χ2n) is 4.68. The first-order valence-corrected chi connectivity index (χ1v) is 6.04. The van der Waals surface area contributed by atoms with Crippen LogP contribution in [0.5, 0.6) is 0 Å². The predicted molar refractivity (Wildman–Crippen MR) is 57.8 cm³/mol. The number of hydrogen-bond acceptors (Lipinski definition) is 4. The minimum Gasteiger partial charge on any atom is -0.339 e. The van der Waals surface area contributed by atoms with E-state index in [1.165, 1.54) is 0 Å². The average Bonchev–Trinajstić information content (AvgIpc) is 2.77. The number of rotatable bonds is 3. The van der Waals surface area contributed by atoms with Crippen LogP contribution in [0.4, 0.5) is 13.2 Å². The molecule has 18 heavy (non-hydrogen) atoms. The van der Waals surface area contributed by atoms with Gasteiger partial charge < -0.3 is 9.84 Å². The Balaban J connectivity index is 2.03. The van der Waals surface area contributed by atoms with Crippen LogP contribution in [0.25, 0.3) is 0 Å². The third kappa shape index (κ3) is 3.01. The van der Waals surface area contributed by atoms with Gasteiger partial charge in [0.05, 0.1) is 12.5 Å². The zero-order valence-electron chi connectivity index (χ0n) is 10.1. The van der Waals surface area contributed by atoms with E-state index in [2.05, 4.69) is 15.5 Å². The highest BCUT2D eigenvalue weighted by atomic mass is 19.4. The van der Waals surface area contributed by atoms with Crippen molar-refractivity contribution < 1.29 is 17.7 Å². The first kappa shape index (κ1) is 13.3. The van der Waals surface area contributed by atoms with Crippen LogP contribution < -0.4 is 5.32 Å². The molecule has 1 aromatic rings. The molecule has 0 aliphatic heterocycles. The molecule has 102 valence electrons. The normalized spacial score (nSPS) is 25.3. The summed E-state index contributed by atoms with van der Waals surface area (Å²) in [7, 11) is 1.75. The highest BCUT2D eigenvalue weighted by molar-refractivity contribution is 4.97. The fraction of sp³-hybridized carbons (Fsp3) is 0.818. The second kappa shape index (κ2) is 5.26. The van der Waals surface area contributed by atoms with Crippen molar-refractivity contribution in [1.82, 2.24) is 15.5 Å². The molecule has 0 spiro atoms. The number of nitrogens with one attached hydrogen (secondary N) is 1. The summed E-state index contributed by atoms with van der Waals surface area (Å²) in [6.07, 6.45) is -2.61. The van der Waals surface area contributed by atoms with Gasteiger partial charge in [-0.1, -0.05) is 11.6 Å². The topological polar surface area (TPSA) is 51.0 Å². The number of alkyl halides is 3. The molecule has 0 aromatic carbocycles. The van der Waals surface area contributed by atoms with Crippen LogP contribution in [0.15, 0.2) is 4.52 Å². The zero-order chi connectivity index (χ0) is 13.2. The Hall–Kier alpha value is -1.11. The summed E-state index contributed by atoms with van der Waals surface area (Å²) >= 11 is 0. The Morgan fingerprint density at radius 1 is 1.39 bits per heavy atom. The van der Waals surface area contributed by atoms with Gasteiger partial charge in [-0.2, -0.15) is 18.2 Å². The van der Waals surface area contributed by atoms with Crippen LogP contribution >= 0.6 is 0 Å². The Kier molecular flexibility index (Phi) is 3.89. The molecule has 1 aromatic heterocycles. The highest BCUT2D eigenvalue weighted by Gasteiger charge is 2.43. The van der Waals surface area contributed by atoms with Crippen molar-refractivity contribution in [3.05, 3.63) is 11.7 Å². The van der Waals surface area contributed by atoms with E-state index in [0.29, 0.717) is 31.1 Å². The smallest absolute Gasteiger partial charge is 0.339 e. The van der Waals surface area contributed by atoms with Crippen LogP contribution in [0.2, 0.25) is 0 Å². The van der Waals surface area contributed by atoms with Crippen LogP contribution in [0.3, 0.4) is 0 Å². The van der Waals surface area contributed by atoms with Crippen molar-refractivity contribution in [2.24, 2.45) is 5.92 Å². The minimum atomic E-state index is -4.12. The summed E-state index contributed by atoms with van der Waals surface area (Å²) in [6.45, 7) is 0.457. The molecule has 1 aliphatic carbocycles. The van der Waals surface area contributed by atoms with Gasteiger partial charge in [0.15, 0.2) is 5.82 Å². The van der Waals surface area contributed by atoms with Gasteiger partial charge in [0, 0.05) is 5.92 Å². The van der Waals surface area contributed by atoms with Gasteiger partial charge in [0.2, 0.25) is 5.89 Å². The summed E-state index contributed by atoms with van der Waals surface area (Å²) in [6, 6.07) is 0. The molecule has 1 saturated carbocycles. The largest absolute Gasteiger partial charge is 0.391 e. The summed E-state index contributed by atoms with van der Waals surface area (Å²) in [4.78, 5) is 4.13. The fourth-order valence-electron chi connectivity index (χ4n) is 2.37. The molecule has 2 rings (SSSR count). The zero-order valence-corrected chi connectivity index (χ0v) is 10.1. The number of nitrogens with zero attached hydrogens (tertiary/aromatic N) is 2. The van der Waals surface area contributed by atoms with Crippen molar-refractivity contribution in [2.45, 2.75) is 44.3 Å². The lowest BCUT2D eigenvalue weighted by Crippen LogP contribution is -2.28. The van der Waals surface area contributed by atoms with Crippen LogP contribution in [-0.2, 0) is 6.54 Å². The SMILES string of the molecule is CNCc1noc(C2CCCC(C(F)(F)F)C2)n1. The molecule has 2 unspecified atom stereocenters. The van der Waals surface area contributed by atoms with Gasteiger partial charge in [0.1, 0.15) is 0 Å². The predicted octanol–water partition coefficient (Wildman–Crippen LogP) is 2.63. The van der Waals surface area contributed by atoms with Crippen molar-refractivity contribution in [3.63, 3.8) is 0 Å². The van der Waals surface area contributed by atoms with E-state index in [4.69, 9.17) is 4.52 Å². The van der Waals surface area contributed by atoms with E-state index < -0.39 is 12.1 Å². The molecular formula is C11H16F3N3O. The van der Waals surface area contributed by atoms with E-state index in [-0.39, 0.29) is 18.8 Å². The van der Waals surface area contributed by atoms with E-state index in [1.54, 1.807) is 7.05 Å². The minimum absolute atomic E-state index is 0.0602.